The minimum atomic E-state index is -0.0509. The van der Waals surface area contributed by atoms with Crippen molar-refractivity contribution >= 4 is 15.9 Å². The van der Waals surface area contributed by atoms with Gasteiger partial charge in [-0.1, -0.05) is 6.42 Å². The van der Waals surface area contributed by atoms with Gasteiger partial charge < -0.3 is 0 Å². The first-order valence-corrected chi connectivity index (χ1v) is 8.24. The molecule has 0 bridgehead atoms. The molecule has 20 heavy (non-hydrogen) atoms. The van der Waals surface area contributed by atoms with E-state index in [-0.39, 0.29) is 11.6 Å². The lowest BCUT2D eigenvalue weighted by Crippen LogP contribution is -2.56. The molecule has 1 unspecified atom stereocenters. The monoisotopic (exact) mass is 343 g/mol. The zero-order chi connectivity index (χ0) is 14.8. The van der Waals surface area contributed by atoms with Gasteiger partial charge in [0.25, 0.3) is 0 Å². The van der Waals surface area contributed by atoms with E-state index < -0.39 is 0 Å². The van der Waals surface area contributed by atoms with Crippen molar-refractivity contribution in [3.05, 3.63) is 16.4 Å². The summed E-state index contributed by atoms with van der Waals surface area (Å²) in [7, 11) is 0. The van der Waals surface area contributed by atoms with E-state index in [2.05, 4.69) is 52.1 Å². The van der Waals surface area contributed by atoms with Gasteiger partial charge in [-0.2, -0.15) is 5.10 Å². The highest BCUT2D eigenvalue weighted by atomic mass is 79.9. The summed E-state index contributed by atoms with van der Waals surface area (Å²) in [5, 5.41) is 4.42. The molecule has 6 heteroatoms. The molecule has 1 aromatic rings. The Bertz CT molecular complexity index is 437. The lowest BCUT2D eigenvalue weighted by atomic mass is 9.88. The number of nitrogens with two attached hydrogens (primary N) is 1. The quantitative estimate of drug-likeness (QED) is 0.636. The van der Waals surface area contributed by atoms with Crippen LogP contribution in [0.15, 0.2) is 10.7 Å². The molecule has 0 radical (unpaired) electrons. The van der Waals surface area contributed by atoms with E-state index in [1.807, 2.05) is 10.9 Å². The summed E-state index contributed by atoms with van der Waals surface area (Å²) in [6.45, 7) is 9.76. The lowest BCUT2D eigenvalue weighted by Gasteiger charge is -2.45. The van der Waals surface area contributed by atoms with Crippen LogP contribution in [0.2, 0.25) is 0 Å². The highest BCUT2D eigenvalue weighted by Crippen LogP contribution is 2.35. The minimum Gasteiger partial charge on any atom is -0.296 e. The van der Waals surface area contributed by atoms with Crippen molar-refractivity contribution in [3.8, 4) is 0 Å². The van der Waals surface area contributed by atoms with Crippen LogP contribution in [0.1, 0.15) is 51.8 Å². The molecule has 2 heterocycles. The molecule has 1 aliphatic heterocycles. The second-order valence-electron chi connectivity index (χ2n) is 5.99. The molecular weight excluding hydrogens is 318 g/mol. The summed E-state index contributed by atoms with van der Waals surface area (Å²) in [4.78, 5) is 2.54. The van der Waals surface area contributed by atoms with E-state index in [0.29, 0.717) is 0 Å². The van der Waals surface area contributed by atoms with E-state index in [9.17, 15) is 0 Å². The van der Waals surface area contributed by atoms with E-state index >= 15 is 0 Å². The number of aromatic nitrogens is 2. The van der Waals surface area contributed by atoms with Gasteiger partial charge in [-0.05, 0) is 62.6 Å². The zero-order valence-corrected chi connectivity index (χ0v) is 14.3. The topological polar surface area (TPSA) is 59.1 Å². The minimum absolute atomic E-state index is 0.0393. The maximum atomic E-state index is 5.91. The molecule has 114 valence electrons. The normalized spacial score (nSPS) is 19.2. The van der Waals surface area contributed by atoms with Crippen molar-refractivity contribution in [2.45, 2.75) is 58.2 Å². The summed E-state index contributed by atoms with van der Waals surface area (Å²) in [6.07, 6.45) is 5.74. The van der Waals surface area contributed by atoms with E-state index in [1.165, 1.54) is 19.3 Å². The number of aryl methyl sites for hydroxylation is 1. The van der Waals surface area contributed by atoms with Crippen molar-refractivity contribution < 1.29 is 0 Å². The fraction of sp³-hybridized carbons (Fsp3) is 0.786. The molecule has 0 saturated carbocycles. The van der Waals surface area contributed by atoms with E-state index in [1.54, 1.807) is 0 Å². The summed E-state index contributed by atoms with van der Waals surface area (Å²) < 4.78 is 3.03. The van der Waals surface area contributed by atoms with Crippen LogP contribution in [0.3, 0.4) is 0 Å². The number of hydrogen-bond donors (Lipinski definition) is 2. The predicted octanol–water partition coefficient (Wildman–Crippen LogP) is 2.43. The van der Waals surface area contributed by atoms with Crippen LogP contribution in [-0.2, 0) is 6.54 Å². The van der Waals surface area contributed by atoms with Crippen molar-refractivity contribution in [3.63, 3.8) is 0 Å². The summed E-state index contributed by atoms with van der Waals surface area (Å²) in [5.41, 5.74) is 4.10. The van der Waals surface area contributed by atoms with Crippen LogP contribution >= 0.6 is 15.9 Å². The van der Waals surface area contributed by atoms with Crippen molar-refractivity contribution in [1.82, 2.24) is 20.1 Å². The van der Waals surface area contributed by atoms with Gasteiger partial charge >= 0.3 is 0 Å². The van der Waals surface area contributed by atoms with Gasteiger partial charge in [-0.15, -0.1) is 0 Å². The number of hydrazine groups is 1. The molecule has 0 amide bonds. The summed E-state index contributed by atoms with van der Waals surface area (Å²) in [5.74, 6) is 5.91. The largest absolute Gasteiger partial charge is 0.296 e. The number of likely N-dealkylation sites (tertiary alicyclic amines) is 1. The first kappa shape index (κ1) is 15.9. The Morgan fingerprint density at radius 1 is 1.40 bits per heavy atom. The standard InChI is InChI=1S/C14H26BrN5/c1-4-20-12(11(15)10-17-20)13(18-16)14(2,3)19-8-6-5-7-9-19/h10,13,18H,4-9,16H2,1-3H3. The zero-order valence-electron chi connectivity index (χ0n) is 12.7. The fourth-order valence-electron chi connectivity index (χ4n) is 3.18. The van der Waals surface area contributed by atoms with Gasteiger partial charge in [0.15, 0.2) is 0 Å². The second kappa shape index (κ2) is 6.56. The molecule has 2 rings (SSSR count). The van der Waals surface area contributed by atoms with Gasteiger partial charge in [0, 0.05) is 12.1 Å². The van der Waals surface area contributed by atoms with Crippen LogP contribution in [0.4, 0.5) is 0 Å². The Morgan fingerprint density at radius 3 is 2.60 bits per heavy atom. The van der Waals surface area contributed by atoms with Crippen LogP contribution < -0.4 is 11.3 Å². The van der Waals surface area contributed by atoms with Crippen LogP contribution in [0.25, 0.3) is 0 Å². The Morgan fingerprint density at radius 2 is 2.05 bits per heavy atom. The smallest absolute Gasteiger partial charge is 0.0818 e. The average molecular weight is 344 g/mol. The molecule has 1 fully saturated rings. The number of hydrogen-bond acceptors (Lipinski definition) is 4. The number of halogens is 1. The second-order valence-corrected chi connectivity index (χ2v) is 6.85. The maximum Gasteiger partial charge on any atom is 0.0818 e. The third-order valence-corrected chi connectivity index (χ3v) is 5.06. The molecule has 1 aromatic heterocycles. The van der Waals surface area contributed by atoms with Crippen molar-refractivity contribution in [1.29, 1.82) is 0 Å². The molecule has 1 saturated heterocycles. The predicted molar refractivity (Wildman–Crippen MR) is 85.2 cm³/mol. The van der Waals surface area contributed by atoms with E-state index in [4.69, 9.17) is 5.84 Å². The van der Waals surface area contributed by atoms with Gasteiger partial charge in [0.2, 0.25) is 0 Å². The highest BCUT2D eigenvalue weighted by molar-refractivity contribution is 9.10. The van der Waals surface area contributed by atoms with Crippen LogP contribution in [0, 0.1) is 0 Å². The third-order valence-electron chi connectivity index (χ3n) is 4.45. The SMILES string of the molecule is CCn1ncc(Br)c1C(NN)C(C)(C)N1CCCCC1. The molecule has 1 atom stereocenters. The van der Waals surface area contributed by atoms with Crippen molar-refractivity contribution in [2.75, 3.05) is 13.1 Å². The molecule has 3 N–H and O–H groups in total. The average Bonchev–Trinajstić information content (AvgIpc) is 2.82. The number of piperidine rings is 1. The van der Waals surface area contributed by atoms with Crippen LogP contribution in [0.5, 0.6) is 0 Å². The summed E-state index contributed by atoms with van der Waals surface area (Å²) in [6, 6.07) is 0.0393. The number of nitrogens with zero attached hydrogens (tertiary/aromatic N) is 3. The Labute approximate surface area is 130 Å². The lowest BCUT2D eigenvalue weighted by molar-refractivity contribution is 0.0577. The maximum absolute atomic E-state index is 5.91. The molecule has 1 aliphatic rings. The summed E-state index contributed by atoms with van der Waals surface area (Å²) >= 11 is 3.62. The first-order chi connectivity index (χ1) is 9.52. The molecule has 0 spiro atoms. The first-order valence-electron chi connectivity index (χ1n) is 7.44. The van der Waals surface area contributed by atoms with E-state index in [0.717, 1.165) is 29.8 Å². The van der Waals surface area contributed by atoms with Crippen LogP contribution in [-0.4, -0.2) is 33.3 Å². The molecule has 0 aromatic carbocycles. The van der Waals surface area contributed by atoms with Crippen molar-refractivity contribution in [2.24, 2.45) is 5.84 Å². The molecule has 5 nitrogen and oxygen atoms in total. The Kier molecular flexibility index (Phi) is 5.23. The fourth-order valence-corrected chi connectivity index (χ4v) is 3.71. The van der Waals surface area contributed by atoms with Gasteiger partial charge in [-0.3, -0.25) is 15.4 Å². The third kappa shape index (κ3) is 2.93. The van der Waals surface area contributed by atoms with Gasteiger partial charge in [0.05, 0.1) is 22.4 Å². The molecular formula is C14H26BrN5. The molecule has 0 aliphatic carbocycles. The number of rotatable bonds is 5. The van der Waals surface area contributed by atoms with Gasteiger partial charge in [-0.25, -0.2) is 5.43 Å². The Balaban J connectivity index is 2.32. The highest BCUT2D eigenvalue weighted by Gasteiger charge is 2.39. The Hall–Kier alpha value is -0.430. The number of nitrogens with one attached hydrogen (secondary N) is 1. The van der Waals surface area contributed by atoms with Gasteiger partial charge in [0.1, 0.15) is 0 Å².